The molecule has 82 valence electrons. The Kier molecular flexibility index (Phi) is 3.65. The number of nitrogens with one attached hydrogen (secondary N) is 2. The van der Waals surface area contributed by atoms with Gasteiger partial charge in [0.2, 0.25) is 0 Å². The highest BCUT2D eigenvalue weighted by Gasteiger charge is 2.11. The van der Waals surface area contributed by atoms with Gasteiger partial charge in [-0.15, -0.1) is 0 Å². The van der Waals surface area contributed by atoms with Crippen molar-refractivity contribution in [2.24, 2.45) is 5.84 Å². The van der Waals surface area contributed by atoms with E-state index in [-0.39, 0.29) is 5.91 Å². The van der Waals surface area contributed by atoms with E-state index >= 15 is 0 Å². The second-order valence-electron chi connectivity index (χ2n) is 3.53. The first-order valence-corrected chi connectivity index (χ1v) is 4.60. The number of nitrogens with zero attached hydrogens (tertiary/aromatic N) is 1. The van der Waals surface area contributed by atoms with Crippen molar-refractivity contribution in [3.8, 4) is 0 Å². The zero-order valence-electron chi connectivity index (χ0n) is 9.16. The number of nitrogens with two attached hydrogens (primary N) is 1. The molecule has 0 atom stereocenters. The van der Waals surface area contributed by atoms with E-state index in [1.54, 1.807) is 31.2 Å². The highest BCUT2D eigenvalue weighted by molar-refractivity contribution is 5.99. The number of hydrogen-bond donors (Lipinski definition) is 3. The van der Waals surface area contributed by atoms with Crippen LogP contribution < -0.4 is 16.7 Å². The third-order valence-corrected chi connectivity index (χ3v) is 1.90. The lowest BCUT2D eigenvalue weighted by atomic mass is 10.1. The summed E-state index contributed by atoms with van der Waals surface area (Å²) < 4.78 is 0. The summed E-state index contributed by atoms with van der Waals surface area (Å²) in [5.41, 5.74) is 7.31. The zero-order chi connectivity index (χ0) is 11.4. The predicted octanol–water partition coefficient (Wildman–Crippen LogP) is 0.487. The van der Waals surface area contributed by atoms with E-state index < -0.39 is 0 Å². The zero-order valence-corrected chi connectivity index (χ0v) is 9.16. The Morgan fingerprint density at radius 3 is 2.60 bits per heavy atom. The van der Waals surface area contributed by atoms with Crippen LogP contribution in [0.1, 0.15) is 15.9 Å². The van der Waals surface area contributed by atoms with E-state index in [1.165, 1.54) is 0 Å². The molecule has 1 amide bonds. The van der Waals surface area contributed by atoms with Gasteiger partial charge < -0.3 is 5.43 Å². The number of aryl methyl sites for hydroxylation is 1. The fourth-order valence-electron chi connectivity index (χ4n) is 1.24. The van der Waals surface area contributed by atoms with Crippen LogP contribution in [-0.2, 0) is 0 Å². The van der Waals surface area contributed by atoms with E-state index in [0.29, 0.717) is 11.3 Å². The largest absolute Gasteiger partial charge is 0.323 e. The molecule has 0 aliphatic rings. The van der Waals surface area contributed by atoms with Crippen molar-refractivity contribution in [2.45, 2.75) is 6.92 Å². The molecule has 15 heavy (non-hydrogen) atoms. The van der Waals surface area contributed by atoms with Crippen molar-refractivity contribution in [1.82, 2.24) is 10.4 Å². The van der Waals surface area contributed by atoms with Gasteiger partial charge in [-0.2, -0.15) is 0 Å². The van der Waals surface area contributed by atoms with Crippen molar-refractivity contribution >= 4 is 11.6 Å². The molecule has 0 radical (unpaired) electrons. The third kappa shape index (κ3) is 2.93. The molecule has 0 fully saturated rings. The van der Waals surface area contributed by atoms with E-state index in [0.717, 1.165) is 5.56 Å². The lowest BCUT2D eigenvalue weighted by Crippen LogP contribution is -2.36. The van der Waals surface area contributed by atoms with Crippen molar-refractivity contribution in [3.63, 3.8) is 0 Å². The molecule has 1 rings (SSSR count). The second kappa shape index (κ2) is 4.77. The fourth-order valence-corrected chi connectivity index (χ4v) is 1.24. The second-order valence-corrected chi connectivity index (χ2v) is 3.53. The van der Waals surface area contributed by atoms with Gasteiger partial charge in [0.25, 0.3) is 5.91 Å². The molecule has 0 aliphatic carbocycles. The van der Waals surface area contributed by atoms with Crippen LogP contribution in [-0.4, -0.2) is 25.0 Å². The van der Waals surface area contributed by atoms with Crippen LogP contribution in [0.25, 0.3) is 0 Å². The van der Waals surface area contributed by atoms with Gasteiger partial charge in [0.15, 0.2) is 0 Å². The van der Waals surface area contributed by atoms with E-state index in [4.69, 9.17) is 5.84 Å². The molecule has 0 heterocycles. The van der Waals surface area contributed by atoms with Gasteiger partial charge in [0, 0.05) is 14.1 Å². The Hall–Kier alpha value is -1.59. The van der Waals surface area contributed by atoms with E-state index in [1.807, 2.05) is 13.0 Å². The van der Waals surface area contributed by atoms with Gasteiger partial charge >= 0.3 is 0 Å². The number of amides is 1. The van der Waals surface area contributed by atoms with Crippen molar-refractivity contribution < 1.29 is 4.79 Å². The van der Waals surface area contributed by atoms with Crippen molar-refractivity contribution in [2.75, 3.05) is 19.5 Å². The molecule has 1 aromatic rings. The number of anilines is 1. The van der Waals surface area contributed by atoms with Gasteiger partial charge in [-0.25, -0.2) is 5.01 Å². The predicted molar refractivity (Wildman–Crippen MR) is 60.1 cm³/mol. The van der Waals surface area contributed by atoms with Crippen LogP contribution in [0.3, 0.4) is 0 Å². The number of carbonyl (C=O) groups excluding carboxylic acids is 1. The van der Waals surface area contributed by atoms with Crippen LogP contribution in [0.2, 0.25) is 0 Å². The molecule has 0 saturated heterocycles. The quantitative estimate of drug-likeness (QED) is 0.499. The Morgan fingerprint density at radius 1 is 1.40 bits per heavy atom. The molecule has 0 spiro atoms. The number of carbonyl (C=O) groups is 1. The SMILES string of the molecule is Cc1ccc(NN)c(C(=O)NN(C)C)c1. The fraction of sp³-hybridized carbons (Fsp3) is 0.300. The summed E-state index contributed by atoms with van der Waals surface area (Å²) in [4.78, 5) is 11.7. The third-order valence-electron chi connectivity index (χ3n) is 1.90. The van der Waals surface area contributed by atoms with E-state index in [9.17, 15) is 4.79 Å². The molecular weight excluding hydrogens is 192 g/mol. The molecule has 5 nitrogen and oxygen atoms in total. The minimum Gasteiger partial charge on any atom is -0.323 e. The lowest BCUT2D eigenvalue weighted by Gasteiger charge is -2.14. The Balaban J connectivity index is 3.00. The maximum Gasteiger partial charge on any atom is 0.267 e. The highest BCUT2D eigenvalue weighted by atomic mass is 16.2. The number of nitrogen functional groups attached to an aromatic ring is 1. The molecular formula is C10H16N4O. The minimum atomic E-state index is -0.184. The first-order chi connectivity index (χ1) is 7.04. The number of hydrogen-bond acceptors (Lipinski definition) is 4. The normalized spacial score (nSPS) is 10.2. The Morgan fingerprint density at radius 2 is 2.07 bits per heavy atom. The van der Waals surface area contributed by atoms with Gasteiger partial charge in [0.1, 0.15) is 0 Å². The van der Waals surface area contributed by atoms with Crippen LogP contribution in [0.5, 0.6) is 0 Å². The van der Waals surface area contributed by atoms with Gasteiger partial charge in [-0.05, 0) is 19.1 Å². The van der Waals surface area contributed by atoms with E-state index in [2.05, 4.69) is 10.9 Å². The molecule has 1 aromatic carbocycles. The molecule has 0 saturated carbocycles. The van der Waals surface area contributed by atoms with Crippen LogP contribution >= 0.6 is 0 Å². The summed E-state index contributed by atoms with van der Waals surface area (Å²) in [5, 5.41) is 1.59. The molecule has 0 bridgehead atoms. The topological polar surface area (TPSA) is 70.4 Å². The maximum atomic E-state index is 11.7. The van der Waals surface area contributed by atoms with Crippen molar-refractivity contribution in [1.29, 1.82) is 0 Å². The average molecular weight is 208 g/mol. The molecule has 4 N–H and O–H groups in total. The summed E-state index contributed by atoms with van der Waals surface area (Å²) in [7, 11) is 3.51. The number of rotatable bonds is 3. The molecule has 0 aliphatic heterocycles. The molecule has 5 heteroatoms. The lowest BCUT2D eigenvalue weighted by molar-refractivity contribution is 0.0857. The summed E-state index contributed by atoms with van der Waals surface area (Å²) in [5.74, 6) is 5.14. The standard InChI is InChI=1S/C10H16N4O/c1-7-4-5-9(12-11)8(6-7)10(15)13-14(2)3/h4-6,12H,11H2,1-3H3,(H,13,15). The van der Waals surface area contributed by atoms with Gasteiger partial charge in [0.05, 0.1) is 11.3 Å². The van der Waals surface area contributed by atoms with Gasteiger partial charge in [-0.1, -0.05) is 11.6 Å². The van der Waals surface area contributed by atoms with Crippen LogP contribution in [0.4, 0.5) is 5.69 Å². The number of benzene rings is 1. The summed E-state index contributed by atoms with van der Waals surface area (Å²) in [6, 6.07) is 5.45. The average Bonchev–Trinajstić information content (AvgIpc) is 2.16. The monoisotopic (exact) mass is 208 g/mol. The van der Waals surface area contributed by atoms with Crippen LogP contribution in [0, 0.1) is 6.92 Å². The summed E-state index contributed by atoms with van der Waals surface area (Å²) in [6.07, 6.45) is 0. The summed E-state index contributed by atoms with van der Waals surface area (Å²) >= 11 is 0. The molecule has 0 aromatic heterocycles. The number of hydrazine groups is 2. The smallest absolute Gasteiger partial charge is 0.267 e. The first-order valence-electron chi connectivity index (χ1n) is 4.60. The highest BCUT2D eigenvalue weighted by Crippen LogP contribution is 2.15. The maximum absolute atomic E-state index is 11.7. The minimum absolute atomic E-state index is 0.184. The van der Waals surface area contributed by atoms with Crippen LogP contribution in [0.15, 0.2) is 18.2 Å². The Bertz CT molecular complexity index is 362. The first kappa shape index (κ1) is 11.5. The molecule has 0 unspecified atom stereocenters. The van der Waals surface area contributed by atoms with Gasteiger partial charge in [-0.3, -0.25) is 16.1 Å². The Labute approximate surface area is 89.2 Å². The van der Waals surface area contributed by atoms with Crippen molar-refractivity contribution in [3.05, 3.63) is 29.3 Å². The summed E-state index contributed by atoms with van der Waals surface area (Å²) in [6.45, 7) is 1.92.